The minimum absolute atomic E-state index is 0.651. The van der Waals surface area contributed by atoms with Crippen molar-refractivity contribution in [3.63, 3.8) is 0 Å². The Morgan fingerprint density at radius 3 is 1.95 bits per heavy atom. The summed E-state index contributed by atoms with van der Waals surface area (Å²) in [5, 5.41) is 3.72. The summed E-state index contributed by atoms with van der Waals surface area (Å²) >= 11 is 0. The number of hydrogen-bond acceptors (Lipinski definition) is 3. The lowest BCUT2D eigenvalue weighted by atomic mass is 9.98. The van der Waals surface area contributed by atoms with Crippen molar-refractivity contribution < 1.29 is 0 Å². The van der Waals surface area contributed by atoms with Gasteiger partial charge in [-0.05, 0) is 58.5 Å². The molecule has 0 radical (unpaired) electrons. The first-order chi connectivity index (χ1) is 10.2. The quantitative estimate of drug-likeness (QED) is 0.529. The van der Waals surface area contributed by atoms with Gasteiger partial charge < -0.3 is 10.2 Å². The molecule has 0 aromatic rings. The van der Waals surface area contributed by atoms with E-state index in [0.29, 0.717) is 12.1 Å². The summed E-state index contributed by atoms with van der Waals surface area (Å²) in [4.78, 5) is 5.23. The van der Waals surface area contributed by atoms with E-state index in [-0.39, 0.29) is 0 Å². The largest absolute Gasteiger partial charge is 0.313 e. The summed E-state index contributed by atoms with van der Waals surface area (Å²) in [6.07, 6.45) is 5.10. The summed E-state index contributed by atoms with van der Waals surface area (Å²) in [6, 6.07) is 1.34. The molecule has 1 N–H and O–H groups in total. The highest BCUT2D eigenvalue weighted by molar-refractivity contribution is 4.83. The van der Waals surface area contributed by atoms with Crippen LogP contribution >= 0.6 is 0 Å². The molecule has 2 unspecified atom stereocenters. The number of nitrogens with one attached hydrogen (secondary N) is 1. The minimum Gasteiger partial charge on any atom is -0.313 e. The van der Waals surface area contributed by atoms with Gasteiger partial charge in [-0.25, -0.2) is 0 Å². The highest BCUT2D eigenvalue weighted by Crippen LogP contribution is 2.14. The zero-order valence-corrected chi connectivity index (χ0v) is 15.6. The van der Waals surface area contributed by atoms with Crippen LogP contribution in [0.5, 0.6) is 0 Å². The molecule has 0 aliphatic rings. The highest BCUT2D eigenvalue weighted by atomic mass is 15.2. The van der Waals surface area contributed by atoms with Crippen LogP contribution < -0.4 is 5.32 Å². The van der Waals surface area contributed by atoms with Gasteiger partial charge in [0.2, 0.25) is 0 Å². The number of hydrogen-bond donors (Lipinski definition) is 1. The number of rotatable bonds is 14. The molecule has 21 heavy (non-hydrogen) atoms. The molecule has 0 aromatic carbocycles. The molecule has 0 aliphatic heterocycles. The molecule has 3 heteroatoms. The van der Waals surface area contributed by atoms with Crippen LogP contribution in [0, 0.1) is 0 Å². The Morgan fingerprint density at radius 1 is 0.857 bits per heavy atom. The van der Waals surface area contributed by atoms with Gasteiger partial charge in [0.25, 0.3) is 0 Å². The summed E-state index contributed by atoms with van der Waals surface area (Å²) in [6.45, 7) is 20.8. The Labute approximate surface area is 134 Å². The first-order valence-electron chi connectivity index (χ1n) is 9.37. The van der Waals surface area contributed by atoms with E-state index >= 15 is 0 Å². The monoisotopic (exact) mass is 299 g/mol. The van der Waals surface area contributed by atoms with Crippen molar-refractivity contribution >= 4 is 0 Å². The van der Waals surface area contributed by atoms with Crippen molar-refractivity contribution in [3.8, 4) is 0 Å². The molecular formula is C18H41N3. The molecule has 0 saturated heterocycles. The van der Waals surface area contributed by atoms with Gasteiger partial charge in [0.15, 0.2) is 0 Å². The lowest BCUT2D eigenvalue weighted by molar-refractivity contribution is 0.145. The fourth-order valence-corrected chi connectivity index (χ4v) is 3.40. The first kappa shape index (κ1) is 20.9. The maximum absolute atomic E-state index is 3.72. The molecule has 0 rings (SSSR count). The van der Waals surface area contributed by atoms with Crippen LogP contribution in [0.25, 0.3) is 0 Å². The smallest absolute Gasteiger partial charge is 0.0246 e. The Bertz CT molecular complexity index is 211. The summed E-state index contributed by atoms with van der Waals surface area (Å²) in [7, 11) is 0. The molecule has 3 nitrogen and oxygen atoms in total. The van der Waals surface area contributed by atoms with Crippen LogP contribution in [-0.4, -0.2) is 61.2 Å². The second-order valence-electron chi connectivity index (χ2n) is 5.94. The SMILES string of the molecule is CCCC(NCC)C(CC)N(CC)CCCN(CC)CC. The molecule has 0 heterocycles. The molecule has 0 aromatic heterocycles. The van der Waals surface area contributed by atoms with Gasteiger partial charge in [-0.2, -0.15) is 0 Å². The molecule has 0 aliphatic carbocycles. The first-order valence-corrected chi connectivity index (χ1v) is 9.37. The van der Waals surface area contributed by atoms with Crippen molar-refractivity contribution in [2.45, 2.75) is 79.3 Å². The summed E-state index contributed by atoms with van der Waals surface area (Å²) in [5.41, 5.74) is 0. The van der Waals surface area contributed by atoms with Crippen molar-refractivity contribution in [2.75, 3.05) is 39.3 Å². The minimum atomic E-state index is 0.651. The standard InChI is InChI=1S/C18H41N3/c1-7-14-17(19-9-3)18(8-2)21(12-6)16-13-15-20(10-4)11-5/h17-19H,7-16H2,1-6H3. The van der Waals surface area contributed by atoms with E-state index in [0.717, 1.165) is 6.54 Å². The second kappa shape index (κ2) is 13.5. The predicted molar refractivity (Wildman–Crippen MR) is 96.1 cm³/mol. The van der Waals surface area contributed by atoms with Crippen molar-refractivity contribution in [1.82, 2.24) is 15.1 Å². The highest BCUT2D eigenvalue weighted by Gasteiger charge is 2.23. The fraction of sp³-hybridized carbons (Fsp3) is 1.00. The van der Waals surface area contributed by atoms with E-state index in [4.69, 9.17) is 0 Å². The molecular weight excluding hydrogens is 258 g/mol. The van der Waals surface area contributed by atoms with Gasteiger partial charge in [0.1, 0.15) is 0 Å². The van der Waals surface area contributed by atoms with Gasteiger partial charge in [-0.3, -0.25) is 4.90 Å². The third kappa shape index (κ3) is 8.18. The van der Waals surface area contributed by atoms with Gasteiger partial charge in [0, 0.05) is 12.1 Å². The van der Waals surface area contributed by atoms with Crippen LogP contribution in [0.1, 0.15) is 67.2 Å². The third-order valence-electron chi connectivity index (χ3n) is 4.64. The predicted octanol–water partition coefficient (Wildman–Crippen LogP) is 3.60. The summed E-state index contributed by atoms with van der Waals surface area (Å²) in [5.74, 6) is 0. The fourth-order valence-electron chi connectivity index (χ4n) is 3.40. The van der Waals surface area contributed by atoms with E-state index in [9.17, 15) is 0 Å². The van der Waals surface area contributed by atoms with E-state index in [1.807, 2.05) is 0 Å². The Kier molecular flexibility index (Phi) is 13.5. The molecule has 128 valence electrons. The van der Waals surface area contributed by atoms with E-state index in [2.05, 4.69) is 56.7 Å². The van der Waals surface area contributed by atoms with E-state index < -0.39 is 0 Å². The van der Waals surface area contributed by atoms with Crippen molar-refractivity contribution in [2.24, 2.45) is 0 Å². The Balaban J connectivity index is 4.47. The maximum Gasteiger partial charge on any atom is 0.0246 e. The topological polar surface area (TPSA) is 18.5 Å². The molecule has 2 atom stereocenters. The zero-order valence-electron chi connectivity index (χ0n) is 15.6. The van der Waals surface area contributed by atoms with Gasteiger partial charge >= 0.3 is 0 Å². The number of nitrogens with zero attached hydrogens (tertiary/aromatic N) is 2. The second-order valence-corrected chi connectivity index (χ2v) is 5.94. The Hall–Kier alpha value is -0.120. The van der Waals surface area contributed by atoms with Gasteiger partial charge in [0.05, 0.1) is 0 Å². The van der Waals surface area contributed by atoms with Crippen LogP contribution in [0.2, 0.25) is 0 Å². The molecule has 0 bridgehead atoms. The third-order valence-corrected chi connectivity index (χ3v) is 4.64. The lowest BCUT2D eigenvalue weighted by Gasteiger charge is -2.37. The number of likely N-dealkylation sites (N-methyl/N-ethyl adjacent to an activating group) is 2. The average Bonchev–Trinajstić information content (AvgIpc) is 2.50. The van der Waals surface area contributed by atoms with Crippen molar-refractivity contribution in [3.05, 3.63) is 0 Å². The molecule has 0 spiro atoms. The van der Waals surface area contributed by atoms with Crippen LogP contribution in [0.3, 0.4) is 0 Å². The van der Waals surface area contributed by atoms with Crippen LogP contribution in [-0.2, 0) is 0 Å². The molecule has 0 fully saturated rings. The maximum atomic E-state index is 3.72. The van der Waals surface area contributed by atoms with Gasteiger partial charge in [-0.1, -0.05) is 48.0 Å². The van der Waals surface area contributed by atoms with Crippen LogP contribution in [0.15, 0.2) is 0 Å². The van der Waals surface area contributed by atoms with E-state index in [1.54, 1.807) is 0 Å². The van der Waals surface area contributed by atoms with Gasteiger partial charge in [-0.15, -0.1) is 0 Å². The summed E-state index contributed by atoms with van der Waals surface area (Å²) < 4.78 is 0. The zero-order chi connectivity index (χ0) is 16.1. The van der Waals surface area contributed by atoms with E-state index in [1.165, 1.54) is 58.4 Å². The normalized spacial score (nSPS) is 14.9. The lowest BCUT2D eigenvalue weighted by Crippen LogP contribution is -2.50. The average molecular weight is 300 g/mol. The van der Waals surface area contributed by atoms with Crippen LogP contribution in [0.4, 0.5) is 0 Å². The molecule has 0 saturated carbocycles. The molecule has 0 amide bonds. The Morgan fingerprint density at radius 2 is 1.52 bits per heavy atom. The van der Waals surface area contributed by atoms with Crippen molar-refractivity contribution in [1.29, 1.82) is 0 Å².